The molecule has 0 spiro atoms. The number of carbonyl (C=O) groups is 1. The predicted molar refractivity (Wildman–Crippen MR) is 77.3 cm³/mol. The molecule has 0 saturated carbocycles. The first-order chi connectivity index (χ1) is 10.1. The Labute approximate surface area is 123 Å². The van der Waals surface area contributed by atoms with E-state index in [1.807, 2.05) is 12.1 Å². The van der Waals surface area contributed by atoms with E-state index in [9.17, 15) is 15.0 Å². The van der Waals surface area contributed by atoms with Gasteiger partial charge >= 0.3 is 0 Å². The van der Waals surface area contributed by atoms with Crippen LogP contribution >= 0.6 is 0 Å². The van der Waals surface area contributed by atoms with Gasteiger partial charge in [-0.25, -0.2) is 0 Å². The summed E-state index contributed by atoms with van der Waals surface area (Å²) in [5.74, 6) is 0.817. The summed E-state index contributed by atoms with van der Waals surface area (Å²) in [5, 5.41) is 22.1. The number of nitrogens with one attached hydrogen (secondary N) is 1. The second kappa shape index (κ2) is 5.66. The van der Waals surface area contributed by atoms with Crippen molar-refractivity contribution < 1.29 is 19.7 Å². The molecule has 1 aliphatic carbocycles. The molecule has 5 nitrogen and oxygen atoms in total. The summed E-state index contributed by atoms with van der Waals surface area (Å²) in [6, 6.07) is 3.90. The van der Waals surface area contributed by atoms with E-state index in [4.69, 9.17) is 4.74 Å². The fourth-order valence-corrected chi connectivity index (χ4v) is 3.39. The van der Waals surface area contributed by atoms with Crippen molar-refractivity contribution in [3.8, 4) is 5.75 Å². The Balaban J connectivity index is 1.73. The average Bonchev–Trinajstić information content (AvgIpc) is 3.03. The van der Waals surface area contributed by atoms with Gasteiger partial charge in [-0.05, 0) is 42.9 Å². The van der Waals surface area contributed by atoms with Crippen LogP contribution in [0.5, 0.6) is 5.75 Å². The third kappa shape index (κ3) is 2.63. The van der Waals surface area contributed by atoms with Crippen molar-refractivity contribution in [1.82, 2.24) is 5.32 Å². The molecule has 3 atom stereocenters. The molecule has 2 aliphatic rings. The quantitative estimate of drug-likeness (QED) is 0.774. The molecule has 0 fully saturated rings. The number of benzene rings is 1. The van der Waals surface area contributed by atoms with E-state index in [-0.39, 0.29) is 11.8 Å². The maximum absolute atomic E-state index is 11.4. The average molecular weight is 291 g/mol. The van der Waals surface area contributed by atoms with Crippen LogP contribution in [0.15, 0.2) is 12.1 Å². The van der Waals surface area contributed by atoms with Crippen LogP contribution < -0.4 is 10.1 Å². The SMILES string of the molecule is CC(O)C(=O)NCC[C@@H]1CC(O)c2ccc3c(c21)CCO3. The number of carbonyl (C=O) groups excluding carboxylic acids is 1. The molecule has 0 aromatic heterocycles. The summed E-state index contributed by atoms with van der Waals surface area (Å²) < 4.78 is 5.60. The van der Waals surface area contributed by atoms with Crippen LogP contribution in [0.2, 0.25) is 0 Å². The largest absolute Gasteiger partial charge is 0.493 e. The Morgan fingerprint density at radius 2 is 2.33 bits per heavy atom. The minimum Gasteiger partial charge on any atom is -0.493 e. The molecule has 1 aliphatic heterocycles. The van der Waals surface area contributed by atoms with E-state index in [2.05, 4.69) is 5.32 Å². The van der Waals surface area contributed by atoms with Gasteiger partial charge in [-0.2, -0.15) is 0 Å². The van der Waals surface area contributed by atoms with Crippen LogP contribution in [0.4, 0.5) is 0 Å². The van der Waals surface area contributed by atoms with E-state index in [1.54, 1.807) is 0 Å². The van der Waals surface area contributed by atoms with Crippen LogP contribution in [-0.4, -0.2) is 35.4 Å². The molecule has 0 radical (unpaired) electrons. The van der Waals surface area contributed by atoms with Crippen LogP contribution in [0.3, 0.4) is 0 Å². The van der Waals surface area contributed by atoms with Crippen LogP contribution in [0, 0.1) is 0 Å². The van der Waals surface area contributed by atoms with Crippen LogP contribution in [-0.2, 0) is 11.2 Å². The zero-order chi connectivity index (χ0) is 15.0. The summed E-state index contributed by atoms with van der Waals surface area (Å²) in [6.45, 7) is 2.66. The fourth-order valence-electron chi connectivity index (χ4n) is 3.39. The fraction of sp³-hybridized carbons (Fsp3) is 0.562. The van der Waals surface area contributed by atoms with Gasteiger partial charge in [-0.3, -0.25) is 4.79 Å². The van der Waals surface area contributed by atoms with E-state index >= 15 is 0 Å². The lowest BCUT2D eigenvalue weighted by atomic mass is 9.92. The second-order valence-electron chi connectivity index (χ2n) is 5.85. The van der Waals surface area contributed by atoms with Gasteiger partial charge in [0.2, 0.25) is 5.91 Å². The zero-order valence-electron chi connectivity index (χ0n) is 12.1. The first-order valence-corrected chi connectivity index (χ1v) is 7.50. The molecule has 3 N–H and O–H groups in total. The van der Waals surface area contributed by atoms with Gasteiger partial charge in [-0.1, -0.05) is 6.07 Å². The van der Waals surface area contributed by atoms with Gasteiger partial charge in [0.15, 0.2) is 0 Å². The van der Waals surface area contributed by atoms with Gasteiger partial charge in [0.05, 0.1) is 12.7 Å². The topological polar surface area (TPSA) is 78.8 Å². The highest BCUT2D eigenvalue weighted by atomic mass is 16.5. The number of aliphatic hydroxyl groups is 2. The summed E-state index contributed by atoms with van der Waals surface area (Å²) in [4.78, 5) is 11.4. The van der Waals surface area contributed by atoms with Crippen molar-refractivity contribution in [3.05, 3.63) is 28.8 Å². The van der Waals surface area contributed by atoms with Crippen molar-refractivity contribution in [3.63, 3.8) is 0 Å². The lowest BCUT2D eigenvalue weighted by Gasteiger charge is -2.15. The minimum absolute atomic E-state index is 0.237. The molecule has 21 heavy (non-hydrogen) atoms. The van der Waals surface area contributed by atoms with Crippen LogP contribution in [0.25, 0.3) is 0 Å². The van der Waals surface area contributed by atoms with E-state index in [0.717, 1.165) is 24.2 Å². The number of rotatable bonds is 4. The lowest BCUT2D eigenvalue weighted by Crippen LogP contribution is -2.33. The molecule has 0 bridgehead atoms. The predicted octanol–water partition coefficient (Wildman–Crippen LogP) is 1.03. The third-order valence-electron chi connectivity index (χ3n) is 4.40. The molecule has 3 rings (SSSR count). The highest BCUT2D eigenvalue weighted by Gasteiger charge is 2.34. The van der Waals surface area contributed by atoms with Gasteiger partial charge in [0.25, 0.3) is 0 Å². The molecular formula is C16H21NO4. The number of fused-ring (bicyclic) bond motifs is 3. The van der Waals surface area contributed by atoms with Crippen LogP contribution in [0.1, 0.15) is 48.5 Å². The Hall–Kier alpha value is -1.59. The van der Waals surface area contributed by atoms with Crippen molar-refractivity contribution in [2.45, 2.75) is 44.3 Å². The van der Waals surface area contributed by atoms with Crippen molar-refractivity contribution in [2.75, 3.05) is 13.2 Å². The number of aliphatic hydroxyl groups excluding tert-OH is 2. The monoisotopic (exact) mass is 291 g/mol. The number of hydrogen-bond acceptors (Lipinski definition) is 4. The molecule has 1 aromatic rings. The molecule has 0 saturated heterocycles. The summed E-state index contributed by atoms with van der Waals surface area (Å²) in [6.07, 6.45) is 0.935. The van der Waals surface area contributed by atoms with E-state index in [0.29, 0.717) is 19.6 Å². The van der Waals surface area contributed by atoms with Gasteiger partial charge in [-0.15, -0.1) is 0 Å². The number of hydrogen-bond donors (Lipinski definition) is 3. The molecule has 114 valence electrons. The first-order valence-electron chi connectivity index (χ1n) is 7.50. The lowest BCUT2D eigenvalue weighted by molar-refractivity contribution is -0.128. The molecule has 1 aromatic carbocycles. The van der Waals surface area contributed by atoms with E-state index in [1.165, 1.54) is 18.1 Å². The Kier molecular flexibility index (Phi) is 3.87. The Morgan fingerprint density at radius 3 is 3.10 bits per heavy atom. The standard InChI is InChI=1S/C16H21NO4/c1-9(18)16(20)17-6-4-10-8-13(19)11-2-3-14-12(15(10)11)5-7-21-14/h2-3,9-10,13,18-19H,4-8H2,1H3,(H,17,20)/t9?,10-,13?/m1/s1. The van der Waals surface area contributed by atoms with Crippen molar-refractivity contribution in [1.29, 1.82) is 0 Å². The van der Waals surface area contributed by atoms with Gasteiger partial charge in [0, 0.05) is 18.5 Å². The second-order valence-corrected chi connectivity index (χ2v) is 5.85. The summed E-state index contributed by atoms with van der Waals surface area (Å²) >= 11 is 0. The zero-order valence-corrected chi connectivity index (χ0v) is 12.1. The highest BCUT2D eigenvalue weighted by Crippen LogP contribution is 2.47. The highest BCUT2D eigenvalue weighted by molar-refractivity contribution is 5.79. The summed E-state index contributed by atoms with van der Waals surface area (Å²) in [5.41, 5.74) is 3.44. The van der Waals surface area contributed by atoms with Gasteiger partial charge < -0.3 is 20.3 Å². The maximum atomic E-state index is 11.4. The number of ether oxygens (including phenoxy) is 1. The Morgan fingerprint density at radius 1 is 1.52 bits per heavy atom. The maximum Gasteiger partial charge on any atom is 0.248 e. The van der Waals surface area contributed by atoms with Gasteiger partial charge in [0.1, 0.15) is 11.9 Å². The number of amides is 1. The first kappa shape index (κ1) is 14.4. The molecule has 2 unspecified atom stereocenters. The van der Waals surface area contributed by atoms with Crippen molar-refractivity contribution >= 4 is 5.91 Å². The molecule has 1 amide bonds. The normalized spacial score (nSPS) is 24.1. The molecule has 5 heteroatoms. The van der Waals surface area contributed by atoms with E-state index < -0.39 is 12.2 Å². The smallest absolute Gasteiger partial charge is 0.248 e. The minimum atomic E-state index is -0.982. The molecular weight excluding hydrogens is 270 g/mol. The molecule has 1 heterocycles. The Bertz CT molecular complexity index is 555. The van der Waals surface area contributed by atoms with Crippen molar-refractivity contribution in [2.24, 2.45) is 0 Å². The summed E-state index contributed by atoms with van der Waals surface area (Å²) in [7, 11) is 0. The third-order valence-corrected chi connectivity index (χ3v) is 4.40.